The number of para-hydroxylation sites is 2. The summed E-state index contributed by atoms with van der Waals surface area (Å²) in [6.45, 7) is 2.55. The Kier molecular flexibility index (Phi) is 6.49. The van der Waals surface area contributed by atoms with Gasteiger partial charge in [0, 0.05) is 19.0 Å². The minimum atomic E-state index is -3.95. The van der Waals surface area contributed by atoms with E-state index in [9.17, 15) is 22.0 Å². The van der Waals surface area contributed by atoms with E-state index in [0.717, 1.165) is 12.1 Å². The fraction of sp³-hybridized carbons (Fsp3) is 0.350. The summed E-state index contributed by atoms with van der Waals surface area (Å²) in [6.07, 6.45) is 0.650. The van der Waals surface area contributed by atoms with Crippen molar-refractivity contribution >= 4 is 21.6 Å². The summed E-state index contributed by atoms with van der Waals surface area (Å²) in [7, 11) is -3.95. The third kappa shape index (κ3) is 4.73. The van der Waals surface area contributed by atoms with Crippen molar-refractivity contribution in [2.24, 2.45) is 5.92 Å². The molecule has 9 heteroatoms. The van der Waals surface area contributed by atoms with Gasteiger partial charge in [-0.2, -0.15) is 4.31 Å². The molecular weight excluding hydrogens is 402 g/mol. The summed E-state index contributed by atoms with van der Waals surface area (Å²) in [5, 5.41) is 2.84. The molecule has 0 spiro atoms. The van der Waals surface area contributed by atoms with Crippen LogP contribution in [0.3, 0.4) is 0 Å². The van der Waals surface area contributed by atoms with Gasteiger partial charge in [-0.05, 0) is 50.1 Å². The van der Waals surface area contributed by atoms with Crippen LogP contribution in [0, 0.1) is 17.6 Å². The number of anilines is 1. The molecule has 0 bridgehead atoms. The number of carbonyl (C=O) groups is 1. The second-order valence-corrected chi connectivity index (χ2v) is 8.61. The van der Waals surface area contributed by atoms with Crippen molar-refractivity contribution in [3.63, 3.8) is 0 Å². The number of amides is 1. The lowest BCUT2D eigenvalue weighted by molar-refractivity contribution is -0.120. The highest BCUT2D eigenvalue weighted by Crippen LogP contribution is 2.28. The van der Waals surface area contributed by atoms with Crippen molar-refractivity contribution in [1.82, 2.24) is 4.31 Å². The first-order chi connectivity index (χ1) is 13.8. The Balaban J connectivity index is 1.64. The van der Waals surface area contributed by atoms with Crippen LogP contribution >= 0.6 is 0 Å². The first kappa shape index (κ1) is 21.2. The van der Waals surface area contributed by atoms with Crippen LogP contribution in [0.2, 0.25) is 0 Å². The molecular formula is C20H22F2N2O4S. The maximum Gasteiger partial charge on any atom is 0.243 e. The molecule has 2 aromatic carbocycles. The van der Waals surface area contributed by atoms with Crippen molar-refractivity contribution in [2.45, 2.75) is 24.7 Å². The van der Waals surface area contributed by atoms with Gasteiger partial charge in [0.2, 0.25) is 15.9 Å². The number of nitrogens with one attached hydrogen (secondary N) is 1. The Hall–Kier alpha value is -2.52. The Bertz CT molecular complexity index is 990. The highest BCUT2D eigenvalue weighted by Gasteiger charge is 2.32. The van der Waals surface area contributed by atoms with Gasteiger partial charge in [0.15, 0.2) is 11.6 Å². The van der Waals surface area contributed by atoms with Crippen molar-refractivity contribution in [3.05, 3.63) is 54.1 Å². The van der Waals surface area contributed by atoms with E-state index >= 15 is 0 Å². The summed E-state index contributed by atoms with van der Waals surface area (Å²) < 4.78 is 58.5. The number of piperidine rings is 1. The maximum absolute atomic E-state index is 13.4. The van der Waals surface area contributed by atoms with Crippen LogP contribution in [0.25, 0.3) is 0 Å². The van der Waals surface area contributed by atoms with E-state index in [4.69, 9.17) is 4.74 Å². The molecule has 0 atom stereocenters. The molecule has 0 radical (unpaired) electrons. The molecule has 29 heavy (non-hydrogen) atoms. The molecule has 1 aliphatic heterocycles. The van der Waals surface area contributed by atoms with Gasteiger partial charge in [0.05, 0.1) is 17.2 Å². The van der Waals surface area contributed by atoms with Gasteiger partial charge in [0.25, 0.3) is 0 Å². The van der Waals surface area contributed by atoms with Gasteiger partial charge >= 0.3 is 0 Å². The molecule has 156 valence electrons. The van der Waals surface area contributed by atoms with E-state index in [-0.39, 0.29) is 29.8 Å². The molecule has 6 nitrogen and oxygen atoms in total. The lowest BCUT2D eigenvalue weighted by Gasteiger charge is -2.30. The smallest absolute Gasteiger partial charge is 0.243 e. The summed E-state index contributed by atoms with van der Waals surface area (Å²) in [5.41, 5.74) is 0.566. The predicted octanol–water partition coefficient (Wildman–Crippen LogP) is 3.40. The van der Waals surface area contributed by atoms with Crippen LogP contribution in [0.15, 0.2) is 47.4 Å². The van der Waals surface area contributed by atoms with Crippen LogP contribution < -0.4 is 10.1 Å². The number of ether oxygens (including phenoxy) is 1. The van der Waals surface area contributed by atoms with Gasteiger partial charge in [-0.25, -0.2) is 17.2 Å². The molecule has 1 aliphatic rings. The quantitative estimate of drug-likeness (QED) is 0.771. The lowest BCUT2D eigenvalue weighted by atomic mass is 9.97. The number of carbonyl (C=O) groups excluding carboxylic acids is 1. The Morgan fingerprint density at radius 2 is 1.83 bits per heavy atom. The zero-order valence-corrected chi connectivity index (χ0v) is 16.7. The molecule has 0 saturated carbocycles. The lowest BCUT2D eigenvalue weighted by Crippen LogP contribution is -2.41. The molecule has 1 amide bonds. The Morgan fingerprint density at radius 3 is 2.48 bits per heavy atom. The molecule has 0 aromatic heterocycles. The van der Waals surface area contributed by atoms with Crippen LogP contribution in [0.1, 0.15) is 19.8 Å². The third-order valence-electron chi connectivity index (χ3n) is 4.80. The maximum atomic E-state index is 13.4. The van der Waals surface area contributed by atoms with E-state index in [1.165, 1.54) is 4.31 Å². The second-order valence-electron chi connectivity index (χ2n) is 6.67. The molecule has 1 fully saturated rings. The summed E-state index contributed by atoms with van der Waals surface area (Å²) >= 11 is 0. The predicted molar refractivity (Wildman–Crippen MR) is 104 cm³/mol. The zero-order valence-electron chi connectivity index (χ0n) is 15.9. The van der Waals surface area contributed by atoms with Gasteiger partial charge < -0.3 is 10.1 Å². The van der Waals surface area contributed by atoms with Crippen LogP contribution in [0.4, 0.5) is 14.5 Å². The number of rotatable bonds is 6. The highest BCUT2D eigenvalue weighted by molar-refractivity contribution is 7.89. The third-order valence-corrected chi connectivity index (χ3v) is 6.69. The average molecular weight is 424 g/mol. The Labute approximate surface area is 168 Å². The monoisotopic (exact) mass is 424 g/mol. The second kappa shape index (κ2) is 8.87. The van der Waals surface area contributed by atoms with Crippen LogP contribution in [-0.4, -0.2) is 38.3 Å². The largest absolute Gasteiger partial charge is 0.492 e. The molecule has 2 aromatic rings. The molecule has 1 N–H and O–H groups in total. The molecule has 1 heterocycles. The van der Waals surface area contributed by atoms with Crippen molar-refractivity contribution in [3.8, 4) is 5.75 Å². The van der Waals surface area contributed by atoms with Gasteiger partial charge in [-0.3, -0.25) is 4.79 Å². The molecule has 3 rings (SSSR count). The van der Waals surface area contributed by atoms with Gasteiger partial charge in [0.1, 0.15) is 5.75 Å². The SMILES string of the molecule is CCOc1ccccc1NC(=O)C1CCN(S(=O)(=O)c2ccc(F)c(F)c2)CC1. The van der Waals surface area contributed by atoms with E-state index in [0.29, 0.717) is 37.0 Å². The van der Waals surface area contributed by atoms with E-state index in [2.05, 4.69) is 5.32 Å². The van der Waals surface area contributed by atoms with Gasteiger partial charge in [-0.1, -0.05) is 12.1 Å². The average Bonchev–Trinajstić information content (AvgIpc) is 2.71. The van der Waals surface area contributed by atoms with Gasteiger partial charge in [-0.15, -0.1) is 0 Å². The first-order valence-electron chi connectivity index (χ1n) is 9.31. The summed E-state index contributed by atoms with van der Waals surface area (Å²) in [5.74, 6) is -2.32. The van der Waals surface area contributed by atoms with E-state index in [1.54, 1.807) is 18.2 Å². The first-order valence-corrected chi connectivity index (χ1v) is 10.7. The van der Waals surface area contributed by atoms with Crippen LogP contribution in [0.5, 0.6) is 5.75 Å². The summed E-state index contributed by atoms with van der Waals surface area (Å²) in [6, 6.07) is 9.60. The molecule has 1 saturated heterocycles. The number of hydrogen-bond acceptors (Lipinski definition) is 4. The number of sulfonamides is 1. The zero-order chi connectivity index (χ0) is 21.0. The fourth-order valence-electron chi connectivity index (χ4n) is 3.23. The number of hydrogen-bond donors (Lipinski definition) is 1. The van der Waals surface area contributed by atoms with E-state index in [1.807, 2.05) is 13.0 Å². The topological polar surface area (TPSA) is 75.7 Å². The highest BCUT2D eigenvalue weighted by atomic mass is 32.2. The molecule has 0 unspecified atom stereocenters. The minimum Gasteiger partial charge on any atom is -0.492 e. The minimum absolute atomic E-state index is 0.118. The van der Waals surface area contributed by atoms with Crippen LogP contribution in [-0.2, 0) is 14.8 Å². The number of benzene rings is 2. The van der Waals surface area contributed by atoms with Crippen molar-refractivity contribution in [2.75, 3.05) is 25.0 Å². The fourth-order valence-corrected chi connectivity index (χ4v) is 4.71. The normalized spacial score (nSPS) is 15.8. The standard InChI is InChI=1S/C20H22F2N2O4S/c1-2-28-19-6-4-3-5-18(19)23-20(25)14-9-11-24(12-10-14)29(26,27)15-7-8-16(21)17(22)13-15/h3-8,13-14H,2,9-12H2,1H3,(H,23,25). The van der Waals surface area contributed by atoms with Crippen molar-refractivity contribution < 1.29 is 26.7 Å². The van der Waals surface area contributed by atoms with Crippen molar-refractivity contribution in [1.29, 1.82) is 0 Å². The van der Waals surface area contributed by atoms with E-state index < -0.39 is 21.7 Å². The Morgan fingerprint density at radius 1 is 1.14 bits per heavy atom. The summed E-state index contributed by atoms with van der Waals surface area (Å²) in [4.78, 5) is 12.3. The molecule has 0 aliphatic carbocycles. The number of halogens is 2. The number of nitrogens with zero attached hydrogens (tertiary/aromatic N) is 1.